The molecule has 122 valence electrons. The summed E-state index contributed by atoms with van der Waals surface area (Å²) in [5.74, 6) is -0.0953. The molecule has 0 spiro atoms. The van der Waals surface area contributed by atoms with E-state index in [1.807, 2.05) is 37.4 Å². The Morgan fingerprint density at radius 1 is 1.35 bits per heavy atom. The Bertz CT molecular complexity index is 634. The predicted molar refractivity (Wildman–Crippen MR) is 94.6 cm³/mol. The molecule has 2 rings (SSSR count). The molecular weight excluding hydrogens is 288 g/mol. The fraction of sp³-hybridized carbons (Fsp3) is 0.333. The molecule has 1 aromatic carbocycles. The lowest BCUT2D eigenvalue weighted by Gasteiger charge is -2.18. The van der Waals surface area contributed by atoms with E-state index in [0.29, 0.717) is 29.9 Å². The van der Waals surface area contributed by atoms with Gasteiger partial charge in [-0.25, -0.2) is 0 Å². The Morgan fingerprint density at radius 2 is 2.13 bits per heavy atom. The summed E-state index contributed by atoms with van der Waals surface area (Å²) >= 11 is 0. The molecule has 1 atom stereocenters. The number of nitrogen functional groups attached to an aromatic ring is 1. The second-order valence-electron chi connectivity index (χ2n) is 5.57. The maximum atomic E-state index is 12.0. The first-order valence-electron chi connectivity index (χ1n) is 7.88. The van der Waals surface area contributed by atoms with Crippen LogP contribution in [-0.2, 0) is 4.79 Å². The van der Waals surface area contributed by atoms with Crippen molar-refractivity contribution in [3.05, 3.63) is 53.6 Å². The van der Waals surface area contributed by atoms with Crippen LogP contribution >= 0.6 is 0 Å². The third kappa shape index (κ3) is 4.53. The van der Waals surface area contributed by atoms with Crippen molar-refractivity contribution < 1.29 is 4.79 Å². The molecule has 5 N–H and O–H groups in total. The van der Waals surface area contributed by atoms with Gasteiger partial charge in [0.2, 0.25) is 0 Å². The number of nitrogens with two attached hydrogens (primary N) is 1. The third-order valence-electron chi connectivity index (χ3n) is 3.87. The third-order valence-corrected chi connectivity index (χ3v) is 3.87. The molecule has 0 aromatic heterocycles. The van der Waals surface area contributed by atoms with Gasteiger partial charge < -0.3 is 21.8 Å². The molecule has 1 aromatic rings. The number of benzene rings is 1. The van der Waals surface area contributed by atoms with Crippen molar-refractivity contribution in [2.75, 3.05) is 25.9 Å². The predicted octanol–water partition coefficient (Wildman–Crippen LogP) is 1.86. The smallest absolute Gasteiger partial charge is 0.250 e. The van der Waals surface area contributed by atoms with Crippen molar-refractivity contribution in [3.8, 4) is 0 Å². The van der Waals surface area contributed by atoms with E-state index in [1.54, 1.807) is 12.1 Å². The largest absolute Gasteiger partial charge is 0.398 e. The molecule has 0 heterocycles. The van der Waals surface area contributed by atoms with Gasteiger partial charge in [0.15, 0.2) is 0 Å². The number of rotatable bonds is 7. The number of hydrogen-bond donors (Lipinski definition) is 4. The zero-order chi connectivity index (χ0) is 16.7. The normalized spacial score (nSPS) is 16.7. The Morgan fingerprint density at radius 3 is 2.78 bits per heavy atom. The van der Waals surface area contributed by atoms with Crippen LogP contribution in [0.15, 0.2) is 48.1 Å². The quantitative estimate of drug-likeness (QED) is 0.352. The topological polar surface area (TPSA) is 91.0 Å². The second-order valence-corrected chi connectivity index (χ2v) is 5.57. The first-order chi connectivity index (χ1) is 11.1. The van der Waals surface area contributed by atoms with Gasteiger partial charge in [0.05, 0.1) is 0 Å². The summed E-state index contributed by atoms with van der Waals surface area (Å²) in [6.07, 6.45) is 7.15. The van der Waals surface area contributed by atoms with Gasteiger partial charge in [-0.05, 0) is 32.5 Å². The van der Waals surface area contributed by atoms with Gasteiger partial charge in [0, 0.05) is 35.0 Å². The number of allylic oxidation sites excluding steroid dienone is 2. The van der Waals surface area contributed by atoms with Crippen LogP contribution in [0.4, 0.5) is 5.69 Å². The number of para-hydroxylation sites is 1. The molecule has 0 aliphatic heterocycles. The average Bonchev–Trinajstić information content (AvgIpc) is 2.58. The van der Waals surface area contributed by atoms with Crippen molar-refractivity contribution in [1.29, 1.82) is 5.41 Å². The van der Waals surface area contributed by atoms with Crippen LogP contribution in [-0.4, -0.2) is 31.8 Å². The Labute approximate surface area is 137 Å². The molecular formula is C18H24N4O. The number of nitrogens with one attached hydrogen (secondary N) is 3. The van der Waals surface area contributed by atoms with Crippen molar-refractivity contribution in [2.45, 2.75) is 12.8 Å². The second kappa shape index (κ2) is 8.29. The zero-order valence-corrected chi connectivity index (χ0v) is 13.4. The molecule has 0 fully saturated rings. The van der Waals surface area contributed by atoms with E-state index in [4.69, 9.17) is 11.1 Å². The molecule has 0 saturated carbocycles. The van der Waals surface area contributed by atoms with Gasteiger partial charge in [-0.3, -0.25) is 4.79 Å². The van der Waals surface area contributed by atoms with Crippen LogP contribution in [0.25, 0.3) is 0 Å². The maximum Gasteiger partial charge on any atom is 0.250 e. The van der Waals surface area contributed by atoms with E-state index in [9.17, 15) is 4.79 Å². The standard InChI is InChI=1S/C18H24N4O/c1-21-11-4-12-22-18(23)14-9-7-13(8-10-14)17(20)15-5-2-3-6-16(15)19/h2-3,5-7,9-10,13,20-21H,4,8,11-12,19H2,1H3,(H,22,23). The SMILES string of the molecule is CNCCCNC(=O)C1=CCC(C(=N)c2ccccc2N)C=C1. The lowest BCUT2D eigenvalue weighted by Crippen LogP contribution is -2.28. The number of carbonyl (C=O) groups excluding carboxylic acids is 1. The first kappa shape index (κ1) is 17.0. The van der Waals surface area contributed by atoms with E-state index < -0.39 is 0 Å². The van der Waals surface area contributed by atoms with Crippen LogP contribution in [0.2, 0.25) is 0 Å². The molecule has 1 amide bonds. The van der Waals surface area contributed by atoms with Gasteiger partial charge in [-0.2, -0.15) is 0 Å². The molecule has 23 heavy (non-hydrogen) atoms. The minimum Gasteiger partial charge on any atom is -0.398 e. The minimum atomic E-state index is -0.0541. The highest BCUT2D eigenvalue weighted by atomic mass is 16.1. The van der Waals surface area contributed by atoms with Crippen LogP contribution in [0.3, 0.4) is 0 Å². The lowest BCUT2D eigenvalue weighted by molar-refractivity contribution is -0.117. The van der Waals surface area contributed by atoms with Crippen LogP contribution in [0.1, 0.15) is 18.4 Å². The Hall–Kier alpha value is -2.40. The summed E-state index contributed by atoms with van der Waals surface area (Å²) < 4.78 is 0. The highest BCUT2D eigenvalue weighted by molar-refractivity contribution is 6.05. The number of carbonyl (C=O) groups is 1. The summed E-state index contributed by atoms with van der Waals surface area (Å²) in [7, 11) is 1.89. The van der Waals surface area contributed by atoms with Crippen LogP contribution in [0.5, 0.6) is 0 Å². The average molecular weight is 312 g/mol. The fourth-order valence-electron chi connectivity index (χ4n) is 2.51. The monoisotopic (exact) mass is 312 g/mol. The fourth-order valence-corrected chi connectivity index (χ4v) is 2.51. The molecule has 1 unspecified atom stereocenters. The van der Waals surface area contributed by atoms with Crippen molar-refractivity contribution in [3.63, 3.8) is 0 Å². The van der Waals surface area contributed by atoms with Crippen molar-refractivity contribution in [2.24, 2.45) is 5.92 Å². The van der Waals surface area contributed by atoms with Gasteiger partial charge >= 0.3 is 0 Å². The molecule has 0 saturated heterocycles. The summed E-state index contributed by atoms with van der Waals surface area (Å²) in [4.78, 5) is 12.0. The summed E-state index contributed by atoms with van der Waals surface area (Å²) in [6, 6.07) is 7.40. The van der Waals surface area contributed by atoms with Crippen LogP contribution < -0.4 is 16.4 Å². The van der Waals surface area contributed by atoms with E-state index >= 15 is 0 Å². The van der Waals surface area contributed by atoms with Gasteiger partial charge in [-0.15, -0.1) is 0 Å². The zero-order valence-electron chi connectivity index (χ0n) is 13.4. The summed E-state index contributed by atoms with van der Waals surface area (Å²) in [5.41, 5.74) is 8.46. The van der Waals surface area contributed by atoms with E-state index in [1.165, 1.54) is 0 Å². The van der Waals surface area contributed by atoms with E-state index in [0.717, 1.165) is 18.5 Å². The van der Waals surface area contributed by atoms with Gasteiger partial charge in [0.1, 0.15) is 0 Å². The van der Waals surface area contributed by atoms with Gasteiger partial charge in [0.25, 0.3) is 5.91 Å². The highest BCUT2D eigenvalue weighted by Crippen LogP contribution is 2.23. The van der Waals surface area contributed by atoms with Gasteiger partial charge in [-0.1, -0.05) is 36.4 Å². The highest BCUT2D eigenvalue weighted by Gasteiger charge is 2.19. The maximum absolute atomic E-state index is 12.0. The molecule has 1 aliphatic rings. The van der Waals surface area contributed by atoms with Crippen molar-refractivity contribution >= 4 is 17.3 Å². The number of hydrogen-bond acceptors (Lipinski definition) is 4. The van der Waals surface area contributed by atoms with E-state index in [-0.39, 0.29) is 11.8 Å². The minimum absolute atomic E-state index is 0.0412. The van der Waals surface area contributed by atoms with E-state index in [2.05, 4.69) is 10.6 Å². The van der Waals surface area contributed by atoms with Crippen molar-refractivity contribution in [1.82, 2.24) is 10.6 Å². The number of amides is 1. The molecule has 5 nitrogen and oxygen atoms in total. The molecule has 5 heteroatoms. The van der Waals surface area contributed by atoms with Crippen LogP contribution in [0, 0.1) is 11.3 Å². The summed E-state index contributed by atoms with van der Waals surface area (Å²) in [6.45, 7) is 1.54. The first-order valence-corrected chi connectivity index (χ1v) is 7.88. The molecule has 0 bridgehead atoms. The Balaban J connectivity index is 1.91. The number of anilines is 1. The molecule has 0 radical (unpaired) electrons. The summed E-state index contributed by atoms with van der Waals surface area (Å²) in [5, 5.41) is 14.3. The Kier molecular flexibility index (Phi) is 6.11. The molecule has 1 aliphatic carbocycles. The lowest BCUT2D eigenvalue weighted by atomic mass is 9.88.